The topological polar surface area (TPSA) is 63.9 Å². The number of hydrogen-bond donors (Lipinski definition) is 3. The van der Waals surface area contributed by atoms with Gasteiger partial charge in [-0.25, -0.2) is 0 Å². The Morgan fingerprint density at radius 2 is 2.06 bits per heavy atom. The van der Waals surface area contributed by atoms with Crippen molar-refractivity contribution < 1.29 is 15.3 Å². The Morgan fingerprint density at radius 1 is 1.24 bits per heavy atom. The fourth-order valence-corrected chi connectivity index (χ4v) is 2.33. The van der Waals surface area contributed by atoms with Crippen LogP contribution < -0.4 is 4.90 Å². The molecule has 94 valence electrons. The lowest BCUT2D eigenvalue weighted by Crippen LogP contribution is -2.20. The molecule has 0 amide bonds. The smallest absolute Gasteiger partial charge is 0.117 e. The maximum Gasteiger partial charge on any atom is 0.117 e. The molecule has 1 saturated heterocycles. The fraction of sp³-hybridized carbons (Fsp3) is 0.538. The molecule has 1 aromatic carbocycles. The predicted octanol–water partition coefficient (Wildman–Crippen LogP) is 0.746. The Labute approximate surface area is 101 Å². The Balaban J connectivity index is 2.15. The van der Waals surface area contributed by atoms with Crippen molar-refractivity contribution in [2.24, 2.45) is 5.92 Å². The molecule has 0 radical (unpaired) electrons. The largest absolute Gasteiger partial charge is 0.508 e. The molecule has 1 fully saturated rings. The minimum atomic E-state index is 0.0855. The monoisotopic (exact) mass is 237 g/mol. The van der Waals surface area contributed by atoms with Crippen molar-refractivity contribution in [3.63, 3.8) is 0 Å². The summed E-state index contributed by atoms with van der Waals surface area (Å²) in [7, 11) is 0. The molecule has 0 bridgehead atoms. The molecule has 4 heteroatoms. The second-order valence-corrected chi connectivity index (χ2v) is 4.61. The van der Waals surface area contributed by atoms with Gasteiger partial charge < -0.3 is 20.2 Å². The number of anilines is 1. The summed E-state index contributed by atoms with van der Waals surface area (Å²) in [5, 5.41) is 27.7. The SMILES string of the molecule is OCCc1cc(O)cc(N2CCC(CO)C2)c1. The predicted molar refractivity (Wildman–Crippen MR) is 66.3 cm³/mol. The second kappa shape index (κ2) is 5.38. The zero-order valence-corrected chi connectivity index (χ0v) is 9.84. The number of aromatic hydroxyl groups is 1. The van der Waals surface area contributed by atoms with Gasteiger partial charge in [0.1, 0.15) is 5.75 Å². The molecule has 1 aromatic rings. The van der Waals surface area contributed by atoms with Crippen molar-refractivity contribution in [2.45, 2.75) is 12.8 Å². The third-order valence-electron chi connectivity index (χ3n) is 3.27. The molecular weight excluding hydrogens is 218 g/mol. The van der Waals surface area contributed by atoms with Gasteiger partial charge in [-0.2, -0.15) is 0 Å². The number of phenolic OH excluding ortho intramolecular Hbond substituents is 1. The van der Waals surface area contributed by atoms with Crippen LogP contribution >= 0.6 is 0 Å². The van der Waals surface area contributed by atoms with Crippen LogP contribution in [-0.2, 0) is 6.42 Å². The molecule has 1 unspecified atom stereocenters. The highest BCUT2D eigenvalue weighted by atomic mass is 16.3. The van der Waals surface area contributed by atoms with Crippen molar-refractivity contribution in [1.82, 2.24) is 0 Å². The first-order chi connectivity index (χ1) is 8.22. The normalized spacial score (nSPS) is 19.9. The average Bonchev–Trinajstić information content (AvgIpc) is 2.77. The summed E-state index contributed by atoms with van der Waals surface area (Å²) in [4.78, 5) is 2.17. The zero-order valence-electron chi connectivity index (χ0n) is 9.84. The lowest BCUT2D eigenvalue weighted by molar-refractivity contribution is 0.238. The summed E-state index contributed by atoms with van der Waals surface area (Å²) in [6.07, 6.45) is 1.54. The highest BCUT2D eigenvalue weighted by molar-refractivity contribution is 5.53. The van der Waals surface area contributed by atoms with E-state index in [4.69, 9.17) is 10.2 Å². The van der Waals surface area contributed by atoms with E-state index in [9.17, 15) is 5.11 Å². The van der Waals surface area contributed by atoms with Gasteiger partial charge in [0, 0.05) is 44.0 Å². The van der Waals surface area contributed by atoms with Crippen molar-refractivity contribution in [3.05, 3.63) is 23.8 Å². The minimum absolute atomic E-state index is 0.0855. The van der Waals surface area contributed by atoms with Crippen molar-refractivity contribution in [2.75, 3.05) is 31.2 Å². The number of aliphatic hydroxyl groups excluding tert-OH is 2. The van der Waals surface area contributed by atoms with Crippen LogP contribution in [0.2, 0.25) is 0 Å². The van der Waals surface area contributed by atoms with Gasteiger partial charge in [0.2, 0.25) is 0 Å². The highest BCUT2D eigenvalue weighted by Gasteiger charge is 2.22. The molecular formula is C13H19NO3. The molecule has 17 heavy (non-hydrogen) atoms. The second-order valence-electron chi connectivity index (χ2n) is 4.61. The molecule has 2 rings (SSSR count). The molecule has 1 aliphatic rings. The molecule has 0 aliphatic carbocycles. The molecule has 4 nitrogen and oxygen atoms in total. The Bertz CT molecular complexity index is 381. The Morgan fingerprint density at radius 3 is 2.71 bits per heavy atom. The van der Waals surface area contributed by atoms with Gasteiger partial charge in [0.15, 0.2) is 0 Å². The molecule has 1 heterocycles. The van der Waals surface area contributed by atoms with Gasteiger partial charge in [-0.15, -0.1) is 0 Å². The molecule has 1 atom stereocenters. The van der Waals surface area contributed by atoms with Crippen LogP contribution in [0.5, 0.6) is 5.75 Å². The number of rotatable bonds is 4. The Hall–Kier alpha value is -1.26. The Kier molecular flexibility index (Phi) is 3.86. The quantitative estimate of drug-likeness (QED) is 0.723. The van der Waals surface area contributed by atoms with Crippen molar-refractivity contribution in [3.8, 4) is 5.75 Å². The van der Waals surface area contributed by atoms with Gasteiger partial charge in [0.05, 0.1) is 0 Å². The third kappa shape index (κ3) is 2.90. The van der Waals surface area contributed by atoms with E-state index in [1.807, 2.05) is 6.07 Å². The molecule has 1 aliphatic heterocycles. The summed E-state index contributed by atoms with van der Waals surface area (Å²) in [6, 6.07) is 5.41. The summed E-state index contributed by atoms with van der Waals surface area (Å²) in [6.45, 7) is 2.05. The molecule has 0 aromatic heterocycles. The zero-order chi connectivity index (χ0) is 12.3. The van der Waals surface area contributed by atoms with E-state index in [0.29, 0.717) is 12.3 Å². The molecule has 3 N–H and O–H groups in total. The van der Waals surface area contributed by atoms with E-state index in [2.05, 4.69) is 4.90 Å². The van der Waals surface area contributed by atoms with E-state index in [1.54, 1.807) is 12.1 Å². The van der Waals surface area contributed by atoms with E-state index in [-0.39, 0.29) is 19.0 Å². The van der Waals surface area contributed by atoms with E-state index < -0.39 is 0 Å². The lowest BCUT2D eigenvalue weighted by atomic mass is 10.1. The number of nitrogens with zero attached hydrogens (tertiary/aromatic N) is 1. The number of aliphatic hydroxyl groups is 2. The van der Waals surface area contributed by atoms with Crippen molar-refractivity contribution >= 4 is 5.69 Å². The van der Waals surface area contributed by atoms with Gasteiger partial charge >= 0.3 is 0 Å². The van der Waals surface area contributed by atoms with Gasteiger partial charge in [-0.05, 0) is 30.5 Å². The van der Waals surface area contributed by atoms with E-state index in [0.717, 1.165) is 30.8 Å². The molecule has 0 spiro atoms. The van der Waals surface area contributed by atoms with Crippen LogP contribution in [-0.4, -0.2) is 41.6 Å². The number of phenols is 1. The minimum Gasteiger partial charge on any atom is -0.508 e. The third-order valence-corrected chi connectivity index (χ3v) is 3.27. The number of hydrogen-bond acceptors (Lipinski definition) is 4. The summed E-state index contributed by atoms with van der Waals surface area (Å²) < 4.78 is 0. The maximum absolute atomic E-state index is 9.65. The van der Waals surface area contributed by atoms with E-state index in [1.165, 1.54) is 0 Å². The highest BCUT2D eigenvalue weighted by Crippen LogP contribution is 2.28. The first-order valence-electron chi connectivity index (χ1n) is 6.02. The lowest BCUT2D eigenvalue weighted by Gasteiger charge is -2.19. The van der Waals surface area contributed by atoms with Crippen LogP contribution in [0.25, 0.3) is 0 Å². The summed E-state index contributed by atoms with van der Waals surface area (Å²) >= 11 is 0. The van der Waals surface area contributed by atoms with Gasteiger partial charge in [-0.1, -0.05) is 0 Å². The molecule has 0 saturated carbocycles. The fourth-order valence-electron chi connectivity index (χ4n) is 2.33. The van der Waals surface area contributed by atoms with Crippen LogP contribution in [0, 0.1) is 5.92 Å². The summed E-state index contributed by atoms with van der Waals surface area (Å²) in [5.74, 6) is 0.567. The van der Waals surface area contributed by atoms with Crippen LogP contribution in [0.1, 0.15) is 12.0 Å². The number of benzene rings is 1. The van der Waals surface area contributed by atoms with Gasteiger partial charge in [0.25, 0.3) is 0 Å². The van der Waals surface area contributed by atoms with Crippen molar-refractivity contribution in [1.29, 1.82) is 0 Å². The van der Waals surface area contributed by atoms with Crippen LogP contribution in [0.3, 0.4) is 0 Å². The maximum atomic E-state index is 9.65. The van der Waals surface area contributed by atoms with Crippen LogP contribution in [0.15, 0.2) is 18.2 Å². The van der Waals surface area contributed by atoms with Crippen LogP contribution in [0.4, 0.5) is 5.69 Å². The first kappa shape index (κ1) is 12.2. The standard InChI is InChI=1S/C13H19NO3/c15-4-2-10-5-12(7-13(17)6-10)14-3-1-11(8-14)9-16/h5-7,11,15-17H,1-4,8-9H2. The van der Waals surface area contributed by atoms with E-state index >= 15 is 0 Å². The van der Waals surface area contributed by atoms with Gasteiger partial charge in [-0.3, -0.25) is 0 Å². The summed E-state index contributed by atoms with van der Waals surface area (Å²) in [5.41, 5.74) is 1.92. The average molecular weight is 237 g/mol. The first-order valence-corrected chi connectivity index (χ1v) is 6.02.